The van der Waals surface area contributed by atoms with E-state index in [4.69, 9.17) is 0 Å². The molecule has 0 spiro atoms. The molecule has 2 N–H and O–H groups in total. The molecule has 0 saturated carbocycles. The molecule has 1 fully saturated rings. The number of nitrogens with zero attached hydrogens (tertiary/aromatic N) is 1. The molecule has 2 amide bonds. The van der Waals surface area contributed by atoms with E-state index in [9.17, 15) is 22.8 Å². The second kappa shape index (κ2) is 7.69. The Labute approximate surface area is 141 Å². The van der Waals surface area contributed by atoms with E-state index in [1.165, 1.54) is 12.1 Å². The van der Waals surface area contributed by atoms with Crippen LogP contribution in [0.4, 0.5) is 18.9 Å². The quantitative estimate of drug-likeness (QED) is 0.849. The molecule has 5 nitrogen and oxygen atoms in total. The van der Waals surface area contributed by atoms with E-state index in [2.05, 4.69) is 15.6 Å². The first-order chi connectivity index (χ1) is 11.3. The number of amidine groups is 1. The van der Waals surface area contributed by atoms with Crippen LogP contribution in [-0.4, -0.2) is 28.8 Å². The predicted octanol–water partition coefficient (Wildman–Crippen LogP) is 3.03. The third-order valence-electron chi connectivity index (χ3n) is 3.10. The summed E-state index contributed by atoms with van der Waals surface area (Å²) in [4.78, 5) is 27.9. The van der Waals surface area contributed by atoms with Crippen molar-refractivity contribution in [1.29, 1.82) is 0 Å². The van der Waals surface area contributed by atoms with Crippen molar-refractivity contribution in [1.82, 2.24) is 5.32 Å². The van der Waals surface area contributed by atoms with Crippen LogP contribution in [0.25, 0.3) is 0 Å². The fourth-order valence-corrected chi connectivity index (χ4v) is 2.98. The van der Waals surface area contributed by atoms with Gasteiger partial charge < -0.3 is 10.6 Å². The summed E-state index contributed by atoms with van der Waals surface area (Å²) in [6.45, 7) is 2.53. The molecule has 0 aliphatic carbocycles. The first-order valence-electron chi connectivity index (χ1n) is 7.28. The third-order valence-corrected chi connectivity index (χ3v) is 4.22. The summed E-state index contributed by atoms with van der Waals surface area (Å²) < 4.78 is 37.9. The van der Waals surface area contributed by atoms with E-state index in [1.807, 2.05) is 6.92 Å². The van der Waals surface area contributed by atoms with Gasteiger partial charge in [-0.25, -0.2) is 0 Å². The van der Waals surface area contributed by atoms with E-state index in [0.717, 1.165) is 30.3 Å². The zero-order valence-electron chi connectivity index (χ0n) is 12.8. The zero-order valence-corrected chi connectivity index (χ0v) is 13.6. The molecule has 1 aliphatic rings. The fourth-order valence-electron chi connectivity index (χ4n) is 1.98. The van der Waals surface area contributed by atoms with Crippen molar-refractivity contribution < 1.29 is 22.8 Å². The van der Waals surface area contributed by atoms with Crippen molar-refractivity contribution in [3.63, 3.8) is 0 Å². The van der Waals surface area contributed by atoms with Crippen LogP contribution in [0.1, 0.15) is 25.3 Å². The van der Waals surface area contributed by atoms with Gasteiger partial charge in [0.25, 0.3) is 0 Å². The lowest BCUT2D eigenvalue weighted by Gasteiger charge is -2.10. The summed E-state index contributed by atoms with van der Waals surface area (Å²) in [6, 6.07) is 4.36. The van der Waals surface area contributed by atoms with Gasteiger partial charge in [-0.05, 0) is 24.6 Å². The van der Waals surface area contributed by atoms with Gasteiger partial charge in [0.1, 0.15) is 5.25 Å². The number of hydrogen-bond donors (Lipinski definition) is 2. The molecular weight excluding hydrogens is 343 g/mol. The number of carbonyl (C=O) groups excluding carboxylic acids is 2. The first-order valence-corrected chi connectivity index (χ1v) is 8.16. The molecule has 1 heterocycles. The zero-order chi connectivity index (χ0) is 17.7. The molecule has 1 unspecified atom stereocenters. The number of rotatable bonds is 5. The number of anilines is 1. The van der Waals surface area contributed by atoms with Crippen molar-refractivity contribution in [2.45, 2.75) is 31.2 Å². The summed E-state index contributed by atoms with van der Waals surface area (Å²) in [7, 11) is 0. The average molecular weight is 359 g/mol. The highest BCUT2D eigenvalue weighted by molar-refractivity contribution is 8.15. The Morgan fingerprint density at radius 2 is 2.17 bits per heavy atom. The summed E-state index contributed by atoms with van der Waals surface area (Å²) in [6.07, 6.45) is -3.79. The minimum absolute atomic E-state index is 0.0399. The van der Waals surface area contributed by atoms with Gasteiger partial charge in [0.15, 0.2) is 5.17 Å². The maximum absolute atomic E-state index is 12.6. The number of benzene rings is 1. The monoisotopic (exact) mass is 359 g/mol. The van der Waals surface area contributed by atoms with Crippen LogP contribution < -0.4 is 10.6 Å². The fraction of sp³-hybridized carbons (Fsp3) is 0.400. The van der Waals surface area contributed by atoms with Gasteiger partial charge in [0.05, 0.1) is 5.56 Å². The highest BCUT2D eigenvalue weighted by atomic mass is 32.2. The molecule has 24 heavy (non-hydrogen) atoms. The number of thioether (sulfide) groups is 1. The third kappa shape index (κ3) is 4.98. The Balaban J connectivity index is 1.95. The molecule has 130 valence electrons. The largest absolute Gasteiger partial charge is 0.416 e. The second-order valence-corrected chi connectivity index (χ2v) is 6.30. The normalized spacial score (nSPS) is 19.4. The van der Waals surface area contributed by atoms with Crippen LogP contribution in [0.5, 0.6) is 0 Å². The van der Waals surface area contributed by atoms with Crippen molar-refractivity contribution in [2.24, 2.45) is 4.99 Å². The van der Waals surface area contributed by atoms with Crippen LogP contribution in [0.3, 0.4) is 0 Å². The first kappa shape index (κ1) is 18.3. The number of alkyl halides is 3. The van der Waals surface area contributed by atoms with E-state index in [1.54, 1.807) is 0 Å². The smallest absolute Gasteiger partial charge is 0.326 e. The van der Waals surface area contributed by atoms with Crippen molar-refractivity contribution in [3.8, 4) is 0 Å². The molecule has 1 saturated heterocycles. The summed E-state index contributed by atoms with van der Waals surface area (Å²) >= 11 is 1.15. The highest BCUT2D eigenvalue weighted by Crippen LogP contribution is 2.31. The molecule has 0 aromatic heterocycles. The maximum Gasteiger partial charge on any atom is 0.416 e. The Hall–Kier alpha value is -2.03. The van der Waals surface area contributed by atoms with Crippen LogP contribution >= 0.6 is 11.8 Å². The van der Waals surface area contributed by atoms with E-state index >= 15 is 0 Å². The van der Waals surface area contributed by atoms with Crippen LogP contribution in [0.15, 0.2) is 29.3 Å². The van der Waals surface area contributed by atoms with Crippen LogP contribution in [0, 0.1) is 0 Å². The Bertz CT molecular complexity index is 662. The summed E-state index contributed by atoms with van der Waals surface area (Å²) in [5, 5.41) is 4.81. The molecule has 1 atom stereocenters. The van der Waals surface area contributed by atoms with E-state index in [-0.39, 0.29) is 18.0 Å². The number of carbonyl (C=O) groups is 2. The number of aliphatic imine (C=N–C) groups is 1. The molecule has 2 rings (SSSR count). The van der Waals surface area contributed by atoms with Crippen molar-refractivity contribution in [2.75, 3.05) is 11.9 Å². The van der Waals surface area contributed by atoms with Gasteiger partial charge in [-0.15, -0.1) is 0 Å². The highest BCUT2D eigenvalue weighted by Gasteiger charge is 2.33. The summed E-state index contributed by atoms with van der Waals surface area (Å²) in [5.41, 5.74) is -0.805. The number of halogens is 3. The number of amides is 2. The predicted molar refractivity (Wildman–Crippen MR) is 86.8 cm³/mol. The molecule has 1 aliphatic heterocycles. The molecule has 1 aromatic carbocycles. The van der Waals surface area contributed by atoms with Crippen LogP contribution in [-0.2, 0) is 15.8 Å². The average Bonchev–Trinajstić information content (AvgIpc) is 2.84. The number of hydrogen-bond acceptors (Lipinski definition) is 4. The molecular formula is C15H16F3N3O2S. The molecule has 0 bridgehead atoms. The standard InChI is InChI=1S/C15H16F3N3O2S/c1-2-6-19-14-21-13(23)11(24-14)8-12(22)20-10-5-3-4-9(7-10)15(16,17)18/h3-5,7,11H,2,6,8H2,1H3,(H,20,22)(H,19,21,23). The lowest BCUT2D eigenvalue weighted by Crippen LogP contribution is -2.28. The SMILES string of the molecule is CCCN=C1NC(=O)C(CC(=O)Nc2cccc(C(F)(F)F)c2)S1. The maximum atomic E-state index is 12.6. The van der Waals surface area contributed by atoms with E-state index < -0.39 is 22.9 Å². The van der Waals surface area contributed by atoms with Gasteiger partial charge in [-0.1, -0.05) is 24.8 Å². The number of nitrogens with one attached hydrogen (secondary N) is 2. The van der Waals surface area contributed by atoms with Crippen LogP contribution in [0.2, 0.25) is 0 Å². The van der Waals surface area contributed by atoms with Gasteiger partial charge in [-0.3, -0.25) is 14.6 Å². The van der Waals surface area contributed by atoms with Gasteiger partial charge in [0.2, 0.25) is 11.8 Å². The van der Waals surface area contributed by atoms with Gasteiger partial charge in [0, 0.05) is 18.7 Å². The van der Waals surface area contributed by atoms with Gasteiger partial charge >= 0.3 is 6.18 Å². The van der Waals surface area contributed by atoms with Crippen molar-refractivity contribution >= 4 is 34.4 Å². The second-order valence-electron chi connectivity index (χ2n) is 5.11. The molecule has 1 aromatic rings. The molecule has 0 radical (unpaired) electrons. The lowest BCUT2D eigenvalue weighted by molar-refractivity contribution is -0.137. The van der Waals surface area contributed by atoms with Crippen molar-refractivity contribution in [3.05, 3.63) is 29.8 Å². The minimum Gasteiger partial charge on any atom is -0.326 e. The van der Waals surface area contributed by atoms with E-state index in [0.29, 0.717) is 11.7 Å². The Morgan fingerprint density at radius 3 is 2.83 bits per heavy atom. The van der Waals surface area contributed by atoms with Gasteiger partial charge in [-0.2, -0.15) is 13.2 Å². The lowest BCUT2D eigenvalue weighted by atomic mass is 10.2. The Kier molecular flexibility index (Phi) is 5.87. The molecule has 9 heteroatoms. The topological polar surface area (TPSA) is 70.6 Å². The Morgan fingerprint density at radius 1 is 1.42 bits per heavy atom. The minimum atomic E-state index is -4.48. The summed E-state index contributed by atoms with van der Waals surface area (Å²) in [5.74, 6) is -0.854.